The molecule has 0 saturated heterocycles. The number of benzene rings is 2. The summed E-state index contributed by atoms with van der Waals surface area (Å²) in [7, 11) is 1.68. The highest BCUT2D eigenvalue weighted by Crippen LogP contribution is 2.48. The second kappa shape index (κ2) is 6.86. The zero-order valence-corrected chi connectivity index (χ0v) is 16.1. The predicted molar refractivity (Wildman–Crippen MR) is 109 cm³/mol. The molecule has 0 spiro atoms. The molecule has 2 aliphatic rings. The fraction of sp³-hybridized carbons (Fsp3) is 0.273. The van der Waals surface area contributed by atoms with Gasteiger partial charge in [-0.15, -0.1) is 0 Å². The number of nitrogens with one attached hydrogen (secondary N) is 1. The van der Waals surface area contributed by atoms with Crippen LogP contribution in [0.3, 0.4) is 0 Å². The number of hydrogen-bond donors (Lipinski definition) is 1. The van der Waals surface area contributed by atoms with E-state index >= 15 is 0 Å². The molecule has 0 aromatic heterocycles. The first-order chi connectivity index (χ1) is 13.0. The van der Waals surface area contributed by atoms with Crippen LogP contribution in [0.5, 0.6) is 0 Å². The van der Waals surface area contributed by atoms with Crippen molar-refractivity contribution in [1.29, 1.82) is 0 Å². The average Bonchev–Trinajstić information content (AvgIpc) is 3.43. The van der Waals surface area contributed by atoms with Crippen molar-refractivity contribution < 1.29 is 9.59 Å². The fourth-order valence-electron chi connectivity index (χ4n) is 3.82. The number of anilines is 1. The van der Waals surface area contributed by atoms with E-state index in [9.17, 15) is 9.59 Å². The lowest BCUT2D eigenvalue weighted by Gasteiger charge is -2.26. The molecule has 4 rings (SSSR count). The Labute approximate surface area is 163 Å². The average molecular weight is 381 g/mol. The van der Waals surface area contributed by atoms with E-state index in [0.29, 0.717) is 11.6 Å². The van der Waals surface area contributed by atoms with Crippen LogP contribution in [0, 0.1) is 5.92 Å². The molecule has 1 fully saturated rings. The standard InChI is InChI=1S/C22H21ClN2O2/c1-13(26)25-12-17-9-15(19-11-20(19)22(27)24-2)5-3-14(17)4-6-16-10-18(23)7-8-21(16)25/h3-10,19-20H,11-12H2,1-2H3,(H,24,27)/b6-4-/t19-,20+/m1/s1. The number of amides is 2. The topological polar surface area (TPSA) is 49.4 Å². The summed E-state index contributed by atoms with van der Waals surface area (Å²) < 4.78 is 0. The molecular weight excluding hydrogens is 360 g/mol. The van der Waals surface area contributed by atoms with E-state index in [0.717, 1.165) is 34.4 Å². The zero-order chi connectivity index (χ0) is 19.1. The van der Waals surface area contributed by atoms with Gasteiger partial charge in [0, 0.05) is 24.9 Å². The van der Waals surface area contributed by atoms with Gasteiger partial charge in [0.05, 0.1) is 12.2 Å². The minimum absolute atomic E-state index is 0.0140. The molecule has 0 bridgehead atoms. The minimum atomic E-state index is -0.0140. The summed E-state index contributed by atoms with van der Waals surface area (Å²) in [6, 6.07) is 11.9. The van der Waals surface area contributed by atoms with Crippen LogP contribution in [0.2, 0.25) is 5.02 Å². The summed E-state index contributed by atoms with van der Waals surface area (Å²) in [5.74, 6) is 0.410. The van der Waals surface area contributed by atoms with Gasteiger partial charge in [0.25, 0.3) is 0 Å². The lowest BCUT2D eigenvalue weighted by atomic mass is 9.97. The van der Waals surface area contributed by atoms with E-state index in [4.69, 9.17) is 11.6 Å². The molecule has 4 nitrogen and oxygen atoms in total. The van der Waals surface area contributed by atoms with Crippen molar-refractivity contribution >= 4 is 41.3 Å². The minimum Gasteiger partial charge on any atom is -0.359 e. The lowest BCUT2D eigenvalue weighted by molar-refractivity contribution is -0.122. The van der Waals surface area contributed by atoms with Gasteiger partial charge in [-0.05, 0) is 52.8 Å². The lowest BCUT2D eigenvalue weighted by Crippen LogP contribution is -2.29. The molecule has 0 unspecified atom stereocenters. The van der Waals surface area contributed by atoms with Crippen LogP contribution in [0.4, 0.5) is 5.69 Å². The van der Waals surface area contributed by atoms with Crippen LogP contribution in [0.1, 0.15) is 41.5 Å². The summed E-state index contributed by atoms with van der Waals surface area (Å²) in [5.41, 5.74) is 5.11. The Morgan fingerprint density at radius 2 is 1.89 bits per heavy atom. The highest BCUT2D eigenvalue weighted by molar-refractivity contribution is 6.30. The molecular formula is C22H21ClN2O2. The molecule has 27 heavy (non-hydrogen) atoms. The van der Waals surface area contributed by atoms with Gasteiger partial charge in [0.1, 0.15) is 0 Å². The van der Waals surface area contributed by atoms with Crippen molar-refractivity contribution in [1.82, 2.24) is 5.32 Å². The molecule has 2 aromatic rings. The van der Waals surface area contributed by atoms with Gasteiger partial charge in [-0.25, -0.2) is 0 Å². The normalized spacial score (nSPS) is 21.4. The van der Waals surface area contributed by atoms with Crippen LogP contribution in [0.15, 0.2) is 36.4 Å². The molecule has 2 amide bonds. The van der Waals surface area contributed by atoms with Crippen molar-refractivity contribution in [2.24, 2.45) is 5.92 Å². The van der Waals surface area contributed by atoms with Crippen molar-refractivity contribution in [3.8, 4) is 0 Å². The molecule has 5 heteroatoms. The number of carbonyl (C=O) groups is 2. The molecule has 2 aromatic carbocycles. The van der Waals surface area contributed by atoms with Crippen molar-refractivity contribution in [3.05, 3.63) is 63.7 Å². The molecule has 1 aliphatic heterocycles. The monoisotopic (exact) mass is 380 g/mol. The number of fused-ring (bicyclic) bond motifs is 2. The molecule has 1 aliphatic carbocycles. The van der Waals surface area contributed by atoms with Crippen molar-refractivity contribution in [2.45, 2.75) is 25.8 Å². The zero-order valence-electron chi connectivity index (χ0n) is 15.3. The highest BCUT2D eigenvalue weighted by Gasteiger charge is 2.43. The van der Waals surface area contributed by atoms with Gasteiger partial charge in [-0.2, -0.15) is 0 Å². The first-order valence-electron chi connectivity index (χ1n) is 9.08. The van der Waals surface area contributed by atoms with Crippen LogP contribution >= 0.6 is 11.6 Å². The largest absolute Gasteiger partial charge is 0.359 e. The van der Waals surface area contributed by atoms with E-state index in [-0.39, 0.29) is 23.7 Å². The van der Waals surface area contributed by atoms with Crippen molar-refractivity contribution in [3.63, 3.8) is 0 Å². The van der Waals surface area contributed by atoms with E-state index in [1.54, 1.807) is 24.9 Å². The van der Waals surface area contributed by atoms with E-state index in [1.807, 2.05) is 18.2 Å². The Morgan fingerprint density at radius 3 is 2.63 bits per heavy atom. The molecule has 0 radical (unpaired) electrons. The SMILES string of the molecule is CNC(=O)[C@H]1C[C@@H]1c1ccc2c(c1)CN(C(C)=O)c1ccc(Cl)cc1/C=C\2. The maximum absolute atomic E-state index is 12.3. The molecule has 1 heterocycles. The summed E-state index contributed by atoms with van der Waals surface area (Å²) in [6.07, 6.45) is 4.94. The van der Waals surface area contributed by atoms with Crippen LogP contribution in [-0.2, 0) is 16.1 Å². The third kappa shape index (κ3) is 3.37. The molecule has 2 atom stereocenters. The quantitative estimate of drug-likeness (QED) is 0.847. The maximum atomic E-state index is 12.3. The summed E-state index contributed by atoms with van der Waals surface area (Å²) in [4.78, 5) is 26.0. The Balaban J connectivity index is 1.73. The first kappa shape index (κ1) is 17.8. The van der Waals surface area contributed by atoms with E-state index in [2.05, 4.69) is 29.6 Å². The Morgan fingerprint density at radius 1 is 1.11 bits per heavy atom. The molecule has 1 N–H and O–H groups in total. The van der Waals surface area contributed by atoms with Crippen molar-refractivity contribution in [2.75, 3.05) is 11.9 Å². The Kier molecular flexibility index (Phi) is 4.52. The smallest absolute Gasteiger partial charge is 0.224 e. The van der Waals surface area contributed by atoms with Gasteiger partial charge in [-0.3, -0.25) is 9.59 Å². The maximum Gasteiger partial charge on any atom is 0.224 e. The highest BCUT2D eigenvalue weighted by atomic mass is 35.5. The summed E-state index contributed by atoms with van der Waals surface area (Å²) in [6.45, 7) is 2.07. The van der Waals surface area contributed by atoms with Gasteiger partial charge < -0.3 is 10.2 Å². The van der Waals surface area contributed by atoms with E-state index < -0.39 is 0 Å². The van der Waals surface area contributed by atoms with Crippen LogP contribution < -0.4 is 10.2 Å². The molecule has 138 valence electrons. The predicted octanol–water partition coefficient (Wildman–Crippen LogP) is 4.23. The Bertz CT molecular complexity index is 967. The number of rotatable bonds is 2. The first-order valence-corrected chi connectivity index (χ1v) is 9.46. The fourth-order valence-corrected chi connectivity index (χ4v) is 4.00. The number of nitrogens with zero attached hydrogens (tertiary/aromatic N) is 1. The van der Waals surface area contributed by atoms with Gasteiger partial charge in [0.2, 0.25) is 11.8 Å². The number of halogens is 1. The number of carbonyl (C=O) groups excluding carboxylic acids is 2. The van der Waals surface area contributed by atoms with Gasteiger partial charge in [-0.1, -0.05) is 42.0 Å². The third-order valence-electron chi connectivity index (χ3n) is 5.40. The van der Waals surface area contributed by atoms with Crippen LogP contribution in [0.25, 0.3) is 12.2 Å². The second-order valence-corrected chi connectivity index (χ2v) is 7.60. The second-order valence-electron chi connectivity index (χ2n) is 7.16. The van der Waals surface area contributed by atoms with E-state index in [1.165, 1.54) is 0 Å². The Hall–Kier alpha value is -2.59. The van der Waals surface area contributed by atoms with Gasteiger partial charge in [0.15, 0.2) is 0 Å². The van der Waals surface area contributed by atoms with Crippen LogP contribution in [-0.4, -0.2) is 18.9 Å². The molecule has 1 saturated carbocycles. The number of hydrogen-bond acceptors (Lipinski definition) is 2. The third-order valence-corrected chi connectivity index (χ3v) is 5.64. The summed E-state index contributed by atoms with van der Waals surface area (Å²) in [5, 5.41) is 3.38. The summed E-state index contributed by atoms with van der Waals surface area (Å²) >= 11 is 6.14. The van der Waals surface area contributed by atoms with Gasteiger partial charge >= 0.3 is 0 Å².